The van der Waals surface area contributed by atoms with E-state index in [4.69, 9.17) is 14.0 Å². The maximum absolute atomic E-state index is 13.3. The highest BCUT2D eigenvalue weighted by molar-refractivity contribution is 14.2. The lowest BCUT2D eigenvalue weighted by molar-refractivity contribution is 0.375. The molecule has 11 heteroatoms. The molecule has 0 saturated carbocycles. The standard InChI is InChI=1S/C23H22IN4O4PS/c1-13-11-17-21(16-12-14(7-8-15(13)16)18-9-10-25-28(18)33-24)32-26-23(17)27-34(29)22-19(30-2)5-4-6-20(22)31-3/h4-10,12-13,33H,11H2,1-3H3,(H,26,27). The van der Waals surface area contributed by atoms with E-state index >= 15 is 0 Å². The van der Waals surface area contributed by atoms with Crippen LogP contribution in [0.3, 0.4) is 0 Å². The Morgan fingerprint density at radius 1 is 1.21 bits per heavy atom. The number of anilines is 1. The van der Waals surface area contributed by atoms with Gasteiger partial charge in [0.2, 0.25) is 0 Å². The fourth-order valence-electron chi connectivity index (χ4n) is 4.28. The van der Waals surface area contributed by atoms with Crippen molar-refractivity contribution in [1.29, 1.82) is 0 Å². The lowest BCUT2D eigenvalue weighted by Gasteiger charge is -2.22. The first-order valence-electron chi connectivity index (χ1n) is 10.5. The highest BCUT2D eigenvalue weighted by atomic mass is 127. The Kier molecular flexibility index (Phi) is 6.63. The van der Waals surface area contributed by atoms with Gasteiger partial charge in [-0.15, -0.1) is 0 Å². The van der Waals surface area contributed by atoms with Crippen molar-refractivity contribution in [1.82, 2.24) is 14.7 Å². The molecular weight excluding hydrogens is 586 g/mol. The van der Waals surface area contributed by atoms with Crippen molar-refractivity contribution in [3.63, 3.8) is 0 Å². The van der Waals surface area contributed by atoms with Crippen LogP contribution in [0.2, 0.25) is 0 Å². The van der Waals surface area contributed by atoms with E-state index in [1.54, 1.807) is 18.2 Å². The van der Waals surface area contributed by atoms with Gasteiger partial charge in [-0.1, -0.05) is 30.3 Å². The molecule has 8 nitrogen and oxygen atoms in total. The van der Waals surface area contributed by atoms with Crippen molar-refractivity contribution in [3.05, 3.63) is 59.8 Å². The van der Waals surface area contributed by atoms with E-state index in [-0.39, 0.29) is 5.92 Å². The number of nitrogens with zero attached hydrogens (tertiary/aromatic N) is 3. The lowest BCUT2D eigenvalue weighted by Crippen LogP contribution is -2.12. The van der Waals surface area contributed by atoms with Crippen LogP contribution in [0.4, 0.5) is 5.82 Å². The van der Waals surface area contributed by atoms with Crippen LogP contribution in [0.5, 0.6) is 11.5 Å². The predicted molar refractivity (Wildman–Crippen MR) is 143 cm³/mol. The smallest absolute Gasteiger partial charge is 0.185 e. The zero-order chi connectivity index (χ0) is 23.8. The molecule has 0 radical (unpaired) electrons. The molecule has 3 unspecified atom stereocenters. The summed E-state index contributed by atoms with van der Waals surface area (Å²) in [5, 5.41) is 8.65. The maximum Gasteiger partial charge on any atom is 0.185 e. The number of ether oxygens (including phenoxy) is 2. The van der Waals surface area contributed by atoms with Gasteiger partial charge in [0, 0.05) is 22.9 Å². The minimum Gasteiger partial charge on any atom is -0.495 e. The molecule has 0 saturated heterocycles. The van der Waals surface area contributed by atoms with Gasteiger partial charge in [-0.05, 0) is 64.2 Å². The Morgan fingerprint density at radius 2 is 1.97 bits per heavy atom. The quantitative estimate of drug-likeness (QED) is 0.211. The zero-order valence-electron chi connectivity index (χ0n) is 18.7. The Bertz CT molecular complexity index is 1370. The first-order valence-corrected chi connectivity index (χ1v) is 15.7. The predicted octanol–water partition coefficient (Wildman–Crippen LogP) is 5.81. The molecule has 0 fully saturated rings. The average Bonchev–Trinajstić information content (AvgIpc) is 3.50. The Hall–Kier alpha value is -2.43. The van der Waals surface area contributed by atoms with E-state index in [2.05, 4.69) is 62.1 Å². The molecular formula is C23H22IN4O4PS. The molecule has 1 aliphatic rings. The van der Waals surface area contributed by atoms with Crippen molar-refractivity contribution in [3.8, 4) is 34.1 Å². The summed E-state index contributed by atoms with van der Waals surface area (Å²) in [5.41, 5.74) is 5.22. The number of hydrogen-bond acceptors (Lipinski definition) is 6. The third kappa shape index (κ3) is 4.01. The molecule has 0 amide bonds. The van der Waals surface area contributed by atoms with Gasteiger partial charge in [-0.2, -0.15) is 5.10 Å². The summed E-state index contributed by atoms with van der Waals surface area (Å²) in [7, 11) is 1.40. The van der Waals surface area contributed by atoms with Gasteiger partial charge in [-0.3, -0.25) is 4.72 Å². The molecule has 0 aliphatic heterocycles. The average molecular weight is 608 g/mol. The van der Waals surface area contributed by atoms with E-state index in [1.165, 1.54) is 19.8 Å². The van der Waals surface area contributed by atoms with Crippen molar-refractivity contribution in [2.75, 3.05) is 18.9 Å². The molecule has 176 valence electrons. The van der Waals surface area contributed by atoms with Gasteiger partial charge in [-0.25, -0.2) is 8.66 Å². The second-order valence-electron chi connectivity index (χ2n) is 7.82. The van der Waals surface area contributed by atoms with Crippen molar-refractivity contribution < 1.29 is 18.2 Å². The molecule has 2 aromatic heterocycles. The van der Waals surface area contributed by atoms with Crippen LogP contribution in [-0.4, -0.2) is 33.1 Å². The van der Waals surface area contributed by atoms with E-state index in [9.17, 15) is 4.21 Å². The maximum atomic E-state index is 13.3. The monoisotopic (exact) mass is 608 g/mol. The Morgan fingerprint density at radius 3 is 2.68 bits per heavy atom. The van der Waals surface area contributed by atoms with Gasteiger partial charge in [0.15, 0.2) is 22.6 Å². The SMILES string of the molecule is COc1cccc(OC)c1S(=O)Nc1noc2c1CC(C)c1ccc(-c3ccnn3PI)cc1-2. The highest BCUT2D eigenvalue weighted by Gasteiger charge is 2.30. The molecule has 2 aromatic carbocycles. The van der Waals surface area contributed by atoms with Crippen LogP contribution in [0, 0.1) is 0 Å². The minimum atomic E-state index is -1.67. The summed E-state index contributed by atoms with van der Waals surface area (Å²) in [6.07, 6.45) is 3.04. The Labute approximate surface area is 214 Å². The molecule has 4 aromatic rings. The lowest BCUT2D eigenvalue weighted by atomic mass is 9.82. The van der Waals surface area contributed by atoms with E-state index in [1.807, 2.05) is 16.7 Å². The van der Waals surface area contributed by atoms with Crippen LogP contribution in [0.1, 0.15) is 24.0 Å². The number of methoxy groups -OCH3 is 2. The van der Waals surface area contributed by atoms with Gasteiger partial charge in [0.05, 0.1) is 26.3 Å². The summed E-state index contributed by atoms with van der Waals surface area (Å²) in [4.78, 5) is 0.420. The number of hydrogen-bond donors (Lipinski definition) is 1. The fourth-order valence-corrected chi connectivity index (χ4v) is 6.94. The van der Waals surface area contributed by atoms with Crippen LogP contribution < -0.4 is 14.2 Å². The molecule has 1 aliphatic carbocycles. The van der Waals surface area contributed by atoms with E-state index in [0.717, 1.165) is 28.8 Å². The number of aromatic nitrogens is 3. The number of rotatable bonds is 7. The van der Waals surface area contributed by atoms with Crippen molar-refractivity contribution in [2.24, 2.45) is 0 Å². The molecule has 0 spiro atoms. The zero-order valence-corrected chi connectivity index (χ0v) is 22.6. The van der Waals surface area contributed by atoms with Crippen LogP contribution >= 0.6 is 28.4 Å². The van der Waals surface area contributed by atoms with Crippen molar-refractivity contribution >= 4 is 45.2 Å². The van der Waals surface area contributed by atoms with Gasteiger partial charge >= 0.3 is 0 Å². The largest absolute Gasteiger partial charge is 0.495 e. The third-order valence-corrected chi connectivity index (χ3v) is 8.94. The molecule has 3 atom stereocenters. The first-order chi connectivity index (χ1) is 16.5. The second kappa shape index (κ2) is 9.67. The number of nitrogens with one attached hydrogen (secondary N) is 1. The summed E-state index contributed by atoms with van der Waals surface area (Å²) in [6, 6.07) is 13.7. The van der Waals surface area contributed by atoms with Gasteiger partial charge < -0.3 is 14.0 Å². The van der Waals surface area contributed by atoms with E-state index in [0.29, 0.717) is 34.3 Å². The summed E-state index contributed by atoms with van der Waals surface area (Å²) in [5.74, 6) is 2.35. The van der Waals surface area contributed by atoms with E-state index < -0.39 is 11.0 Å². The number of benzene rings is 2. The summed E-state index contributed by atoms with van der Waals surface area (Å²) < 4.78 is 34.9. The normalized spacial score (nSPS) is 15.7. The number of halogens is 1. The fraction of sp³-hybridized carbons (Fsp3) is 0.217. The highest BCUT2D eigenvalue weighted by Crippen LogP contribution is 2.45. The summed E-state index contributed by atoms with van der Waals surface area (Å²) in [6.45, 7) is 2.18. The third-order valence-electron chi connectivity index (χ3n) is 5.90. The van der Waals surface area contributed by atoms with Crippen LogP contribution in [0.15, 0.2) is 58.1 Å². The minimum absolute atomic E-state index is 0.252. The molecule has 2 heterocycles. The van der Waals surface area contributed by atoms with Gasteiger partial charge in [0.25, 0.3) is 0 Å². The molecule has 1 N–H and O–H groups in total. The van der Waals surface area contributed by atoms with Crippen LogP contribution in [0.25, 0.3) is 22.6 Å². The Balaban J connectivity index is 1.53. The molecule has 5 rings (SSSR count). The molecule has 34 heavy (non-hydrogen) atoms. The van der Waals surface area contributed by atoms with Gasteiger partial charge in [0.1, 0.15) is 16.4 Å². The molecule has 0 bridgehead atoms. The topological polar surface area (TPSA) is 91.4 Å². The summed E-state index contributed by atoms with van der Waals surface area (Å²) >= 11 is 2.32. The van der Waals surface area contributed by atoms with Crippen molar-refractivity contribution in [2.45, 2.75) is 24.2 Å². The number of fused-ring (bicyclic) bond motifs is 3. The second-order valence-corrected chi connectivity index (χ2v) is 11.0. The van der Waals surface area contributed by atoms with Crippen LogP contribution in [-0.2, 0) is 17.4 Å². The first kappa shape index (κ1) is 23.3.